The molecule has 1 atom stereocenters. The number of nitrogens with zero attached hydrogens (tertiary/aromatic N) is 3. The van der Waals surface area contributed by atoms with Gasteiger partial charge >= 0.3 is 0 Å². The van der Waals surface area contributed by atoms with Crippen molar-refractivity contribution in [1.29, 1.82) is 0 Å². The molecule has 2 N–H and O–H groups in total. The monoisotopic (exact) mass is 310 g/mol. The van der Waals surface area contributed by atoms with E-state index in [2.05, 4.69) is 16.2 Å². The van der Waals surface area contributed by atoms with E-state index >= 15 is 0 Å². The Hall–Kier alpha value is -0.330. The number of hydrogen-bond acceptors (Lipinski definition) is 4. The molecule has 1 aromatic rings. The molecule has 0 bridgehead atoms. The van der Waals surface area contributed by atoms with Crippen molar-refractivity contribution in [2.45, 2.75) is 18.9 Å². The molecule has 5 nitrogen and oxygen atoms in total. The fourth-order valence-electron chi connectivity index (χ4n) is 2.45. The van der Waals surface area contributed by atoms with Crippen LogP contribution in [0.15, 0.2) is 12.4 Å². The third-order valence-corrected chi connectivity index (χ3v) is 3.26. The van der Waals surface area contributed by atoms with Crippen molar-refractivity contribution in [1.82, 2.24) is 14.7 Å². The van der Waals surface area contributed by atoms with Crippen molar-refractivity contribution in [3.05, 3.63) is 18.0 Å². The molecule has 1 unspecified atom stereocenters. The predicted molar refractivity (Wildman–Crippen MR) is 81.1 cm³/mol. The van der Waals surface area contributed by atoms with Crippen LogP contribution in [0.4, 0.5) is 0 Å². The van der Waals surface area contributed by atoms with Gasteiger partial charge in [-0.15, -0.1) is 24.8 Å². The Kier molecular flexibility index (Phi) is 9.39. The quantitative estimate of drug-likeness (QED) is 0.806. The second kappa shape index (κ2) is 9.55. The molecule has 1 saturated heterocycles. The van der Waals surface area contributed by atoms with Gasteiger partial charge in [-0.2, -0.15) is 5.10 Å². The molecule has 2 heterocycles. The fourth-order valence-corrected chi connectivity index (χ4v) is 2.45. The number of hydrogen-bond donors (Lipinski definition) is 1. The van der Waals surface area contributed by atoms with E-state index in [1.807, 2.05) is 17.9 Å². The normalized spacial score (nSPS) is 18.9. The molecule has 0 aromatic carbocycles. The molecular formula is C12H24Cl2N4O. The first-order chi connectivity index (χ1) is 8.31. The third kappa shape index (κ3) is 5.28. The lowest BCUT2D eigenvalue weighted by Gasteiger charge is -2.23. The van der Waals surface area contributed by atoms with Gasteiger partial charge in [-0.05, 0) is 19.4 Å². The topological polar surface area (TPSA) is 56.3 Å². The first-order valence-electron chi connectivity index (χ1n) is 6.31. The largest absolute Gasteiger partial charge is 0.379 e. The van der Waals surface area contributed by atoms with Crippen LogP contribution >= 0.6 is 24.8 Å². The van der Waals surface area contributed by atoms with Gasteiger partial charge in [-0.25, -0.2) is 0 Å². The van der Waals surface area contributed by atoms with Gasteiger partial charge in [0.15, 0.2) is 0 Å². The number of halogens is 2. The number of aromatic nitrogens is 2. The minimum Gasteiger partial charge on any atom is -0.379 e. The SMILES string of the molecule is Cl.Cl.Cn1cc(C2CCCN2CCOCCN)cn1. The summed E-state index contributed by atoms with van der Waals surface area (Å²) < 4.78 is 7.32. The van der Waals surface area contributed by atoms with Crippen LogP contribution in [0.5, 0.6) is 0 Å². The zero-order valence-corrected chi connectivity index (χ0v) is 13.0. The summed E-state index contributed by atoms with van der Waals surface area (Å²) in [4.78, 5) is 2.48. The summed E-state index contributed by atoms with van der Waals surface area (Å²) in [6.07, 6.45) is 6.58. The summed E-state index contributed by atoms with van der Waals surface area (Å²) in [6.45, 7) is 4.18. The Morgan fingerprint density at radius 1 is 1.42 bits per heavy atom. The zero-order valence-electron chi connectivity index (χ0n) is 11.3. The van der Waals surface area contributed by atoms with Crippen LogP contribution in [0.25, 0.3) is 0 Å². The highest BCUT2D eigenvalue weighted by Crippen LogP contribution is 2.30. The molecule has 0 aliphatic carbocycles. The lowest BCUT2D eigenvalue weighted by molar-refractivity contribution is 0.104. The van der Waals surface area contributed by atoms with Crippen LogP contribution in [0.1, 0.15) is 24.4 Å². The maximum Gasteiger partial charge on any atom is 0.0594 e. The van der Waals surface area contributed by atoms with E-state index in [0.29, 0.717) is 19.2 Å². The smallest absolute Gasteiger partial charge is 0.0594 e. The van der Waals surface area contributed by atoms with Crippen LogP contribution in [-0.4, -0.2) is 47.5 Å². The van der Waals surface area contributed by atoms with Crippen molar-refractivity contribution in [2.24, 2.45) is 12.8 Å². The Bertz CT molecular complexity index is 348. The average molecular weight is 311 g/mol. The van der Waals surface area contributed by atoms with Gasteiger partial charge < -0.3 is 10.5 Å². The number of nitrogens with two attached hydrogens (primary N) is 1. The lowest BCUT2D eigenvalue weighted by Crippen LogP contribution is -2.27. The summed E-state index contributed by atoms with van der Waals surface area (Å²) in [6, 6.07) is 0.519. The van der Waals surface area contributed by atoms with Crippen LogP contribution < -0.4 is 5.73 Å². The van der Waals surface area contributed by atoms with Crippen LogP contribution in [0, 0.1) is 0 Å². The average Bonchev–Trinajstić information content (AvgIpc) is 2.93. The second-order valence-electron chi connectivity index (χ2n) is 4.54. The maximum atomic E-state index is 5.45. The van der Waals surface area contributed by atoms with E-state index in [-0.39, 0.29) is 24.8 Å². The van der Waals surface area contributed by atoms with Gasteiger partial charge in [0.2, 0.25) is 0 Å². The first kappa shape index (κ1) is 18.7. The molecule has 1 aliphatic heterocycles. The second-order valence-corrected chi connectivity index (χ2v) is 4.54. The van der Waals surface area contributed by atoms with E-state index in [9.17, 15) is 0 Å². The van der Waals surface area contributed by atoms with E-state index < -0.39 is 0 Å². The molecule has 1 fully saturated rings. The number of likely N-dealkylation sites (tertiary alicyclic amines) is 1. The van der Waals surface area contributed by atoms with E-state index in [0.717, 1.165) is 19.7 Å². The zero-order chi connectivity index (χ0) is 12.1. The Morgan fingerprint density at radius 3 is 2.84 bits per heavy atom. The Balaban J connectivity index is 0.00000162. The van der Waals surface area contributed by atoms with Gasteiger partial charge in [0.25, 0.3) is 0 Å². The lowest BCUT2D eigenvalue weighted by atomic mass is 10.1. The van der Waals surface area contributed by atoms with Crippen molar-refractivity contribution in [3.8, 4) is 0 Å². The van der Waals surface area contributed by atoms with Gasteiger partial charge in [0.05, 0.1) is 19.4 Å². The van der Waals surface area contributed by atoms with E-state index in [4.69, 9.17) is 10.5 Å². The summed E-state index contributed by atoms with van der Waals surface area (Å²) in [7, 11) is 1.97. The third-order valence-electron chi connectivity index (χ3n) is 3.26. The van der Waals surface area contributed by atoms with E-state index in [1.54, 1.807) is 0 Å². The molecule has 7 heteroatoms. The summed E-state index contributed by atoms with van der Waals surface area (Å²) >= 11 is 0. The molecule has 0 spiro atoms. The summed E-state index contributed by atoms with van der Waals surface area (Å²) in [5.41, 5.74) is 6.72. The molecule has 2 rings (SSSR count). The summed E-state index contributed by atoms with van der Waals surface area (Å²) in [5.74, 6) is 0. The molecule has 0 saturated carbocycles. The molecule has 19 heavy (non-hydrogen) atoms. The molecule has 1 aliphatic rings. The highest BCUT2D eigenvalue weighted by molar-refractivity contribution is 5.85. The molecule has 112 valence electrons. The minimum atomic E-state index is 0. The number of ether oxygens (including phenoxy) is 1. The van der Waals surface area contributed by atoms with Crippen LogP contribution in [0.2, 0.25) is 0 Å². The first-order valence-corrected chi connectivity index (χ1v) is 6.31. The van der Waals surface area contributed by atoms with Gasteiger partial charge in [-0.3, -0.25) is 9.58 Å². The highest BCUT2D eigenvalue weighted by atomic mass is 35.5. The molecular weight excluding hydrogens is 287 g/mol. The molecule has 0 radical (unpaired) electrons. The Morgan fingerprint density at radius 2 is 2.21 bits per heavy atom. The standard InChI is InChI=1S/C12H22N4O.2ClH/c1-15-10-11(9-14-15)12-3-2-5-16(12)6-8-17-7-4-13;;/h9-10,12H,2-8,13H2,1H3;2*1H. The molecule has 0 amide bonds. The fraction of sp³-hybridized carbons (Fsp3) is 0.750. The van der Waals surface area contributed by atoms with Crippen molar-refractivity contribution in [3.63, 3.8) is 0 Å². The predicted octanol–water partition coefficient (Wildman–Crippen LogP) is 1.38. The van der Waals surface area contributed by atoms with Crippen molar-refractivity contribution >= 4 is 24.8 Å². The van der Waals surface area contributed by atoms with Crippen LogP contribution in [0.3, 0.4) is 0 Å². The number of rotatable bonds is 6. The van der Waals surface area contributed by atoms with E-state index in [1.165, 1.54) is 18.4 Å². The summed E-state index contributed by atoms with van der Waals surface area (Å²) in [5, 5.41) is 4.25. The van der Waals surface area contributed by atoms with Gasteiger partial charge in [0, 0.05) is 37.9 Å². The van der Waals surface area contributed by atoms with Gasteiger partial charge in [-0.1, -0.05) is 0 Å². The minimum absolute atomic E-state index is 0. The van der Waals surface area contributed by atoms with Crippen molar-refractivity contribution < 1.29 is 4.74 Å². The Labute approximate surface area is 127 Å². The molecule has 1 aromatic heterocycles. The highest BCUT2D eigenvalue weighted by Gasteiger charge is 2.26. The maximum absolute atomic E-state index is 5.45. The number of aryl methyl sites for hydroxylation is 1. The van der Waals surface area contributed by atoms with Gasteiger partial charge in [0.1, 0.15) is 0 Å². The van der Waals surface area contributed by atoms with Crippen LogP contribution in [-0.2, 0) is 11.8 Å². The van der Waals surface area contributed by atoms with Crippen molar-refractivity contribution in [2.75, 3.05) is 32.8 Å².